The Balaban J connectivity index is 1.15. The SMILES string of the molecule is O=C(OC[C@H]1O[C@@H](O[C@H]2[C@H](OCc3ccccc3)[C@H](OCc3ccccc3)[C@@H](O)O[C@@H]2COCc2ccccc2)[C@H](OC(=O)c2ccccc2)[C@@H](OC(=O)c2ccccc2)[C@@H]1OC(=O)c1ccccc1)c1ccccc1. The predicted molar refractivity (Wildman–Crippen MR) is 274 cm³/mol. The van der Waals surface area contributed by atoms with Crippen LogP contribution in [0.5, 0.6) is 0 Å². The van der Waals surface area contributed by atoms with Crippen LogP contribution in [0, 0.1) is 0 Å². The van der Waals surface area contributed by atoms with Crippen molar-refractivity contribution in [3.8, 4) is 0 Å². The van der Waals surface area contributed by atoms with Gasteiger partial charge in [0.1, 0.15) is 37.1 Å². The molecular formula is C61H56O15. The molecule has 7 aromatic carbocycles. The Bertz CT molecular complexity index is 2900. The molecule has 2 saturated heterocycles. The topological polar surface area (TPSA) is 181 Å². The molecule has 0 bridgehead atoms. The smallest absolute Gasteiger partial charge is 0.338 e. The lowest BCUT2D eigenvalue weighted by Gasteiger charge is -2.49. The van der Waals surface area contributed by atoms with Gasteiger partial charge in [-0.2, -0.15) is 0 Å². The van der Waals surface area contributed by atoms with Crippen LogP contribution in [0.15, 0.2) is 212 Å². The fourth-order valence-corrected chi connectivity index (χ4v) is 8.75. The van der Waals surface area contributed by atoms with Gasteiger partial charge in [-0.05, 0) is 65.2 Å². The number of benzene rings is 7. The van der Waals surface area contributed by atoms with Gasteiger partial charge in [-0.3, -0.25) is 0 Å². The van der Waals surface area contributed by atoms with Crippen molar-refractivity contribution in [1.29, 1.82) is 0 Å². The first-order chi connectivity index (χ1) is 37.3. The van der Waals surface area contributed by atoms with Crippen molar-refractivity contribution >= 4 is 23.9 Å². The van der Waals surface area contributed by atoms with E-state index in [-0.39, 0.29) is 48.7 Å². The van der Waals surface area contributed by atoms with E-state index in [4.69, 9.17) is 47.4 Å². The van der Waals surface area contributed by atoms with Crippen LogP contribution in [-0.4, -0.2) is 104 Å². The number of aliphatic hydroxyl groups is 1. The number of aliphatic hydroxyl groups excluding tert-OH is 1. The molecule has 2 aliphatic heterocycles. The van der Waals surface area contributed by atoms with Gasteiger partial charge in [0.15, 0.2) is 30.9 Å². The summed E-state index contributed by atoms with van der Waals surface area (Å²) in [4.78, 5) is 56.8. The number of ether oxygens (including phenoxy) is 10. The lowest BCUT2D eigenvalue weighted by atomic mass is 9.95. The van der Waals surface area contributed by atoms with Crippen LogP contribution in [0.4, 0.5) is 0 Å². The minimum absolute atomic E-state index is 0.00566. The van der Waals surface area contributed by atoms with Gasteiger partial charge in [-0.15, -0.1) is 0 Å². The van der Waals surface area contributed by atoms with Crippen LogP contribution in [0.25, 0.3) is 0 Å². The van der Waals surface area contributed by atoms with Crippen molar-refractivity contribution < 1.29 is 71.7 Å². The number of hydrogen-bond acceptors (Lipinski definition) is 15. The third kappa shape index (κ3) is 14.1. The average Bonchev–Trinajstić information content (AvgIpc) is 3.50. The van der Waals surface area contributed by atoms with E-state index in [1.807, 2.05) is 91.0 Å². The summed E-state index contributed by atoms with van der Waals surface area (Å²) < 4.78 is 64.8. The summed E-state index contributed by atoms with van der Waals surface area (Å²) in [5, 5.41) is 11.9. The molecule has 10 atom stereocenters. The summed E-state index contributed by atoms with van der Waals surface area (Å²) >= 11 is 0. The van der Waals surface area contributed by atoms with Crippen LogP contribution < -0.4 is 0 Å². The number of esters is 4. The zero-order valence-corrected chi connectivity index (χ0v) is 41.2. The van der Waals surface area contributed by atoms with Crippen LogP contribution >= 0.6 is 0 Å². The van der Waals surface area contributed by atoms with Crippen molar-refractivity contribution in [3.63, 3.8) is 0 Å². The molecule has 2 aliphatic rings. The maximum absolute atomic E-state index is 14.5. The second-order valence-electron chi connectivity index (χ2n) is 17.9. The van der Waals surface area contributed by atoms with Gasteiger partial charge < -0.3 is 52.5 Å². The Morgan fingerprint density at radius 2 is 0.737 bits per heavy atom. The Labute approximate surface area is 439 Å². The molecule has 1 N–H and O–H groups in total. The summed E-state index contributed by atoms with van der Waals surface area (Å²) in [7, 11) is 0. The summed E-state index contributed by atoms with van der Waals surface area (Å²) in [6, 6.07) is 60.5. The molecule has 0 aliphatic carbocycles. The first kappa shape index (κ1) is 53.0. The molecule has 15 nitrogen and oxygen atoms in total. The lowest BCUT2D eigenvalue weighted by molar-refractivity contribution is -0.363. The molecule has 9 rings (SSSR count). The summed E-state index contributed by atoms with van der Waals surface area (Å²) in [6.07, 6.45) is -14.9. The molecule has 0 unspecified atom stereocenters. The predicted octanol–water partition coefficient (Wildman–Crippen LogP) is 8.74. The van der Waals surface area contributed by atoms with E-state index >= 15 is 0 Å². The van der Waals surface area contributed by atoms with E-state index < -0.39 is 91.9 Å². The standard InChI is InChI=1S/C61H56O15/c62-56(44-28-14-4-15-29-44)70-40-49-51(73-57(63)45-30-16-5-17-31-45)53(74-58(64)46-32-18-6-19-33-46)55(75-59(65)47-34-20-7-21-35-47)61(72-49)76-50-48(39-67-36-41-22-8-1-9-23-41)71-60(66)54(69-38-43-26-12-3-13-27-43)52(50)68-37-42-24-10-2-11-25-42/h1-35,48-55,60-61,66H,36-40H2/t48-,49-,50-,51-,52+,53+,54+,55-,60+,61+/m1/s1. The molecule has 0 radical (unpaired) electrons. The van der Waals surface area contributed by atoms with Crippen LogP contribution in [-0.2, 0) is 67.2 Å². The molecule has 7 aromatic rings. The quantitative estimate of drug-likeness (QED) is 0.0533. The molecular weight excluding hydrogens is 973 g/mol. The van der Waals surface area contributed by atoms with E-state index in [1.54, 1.807) is 84.9 Å². The second kappa shape index (κ2) is 26.6. The monoisotopic (exact) mass is 1030 g/mol. The van der Waals surface area contributed by atoms with Gasteiger partial charge in [0.25, 0.3) is 0 Å². The maximum atomic E-state index is 14.5. The molecule has 2 heterocycles. The van der Waals surface area contributed by atoms with Crippen LogP contribution in [0.2, 0.25) is 0 Å². The van der Waals surface area contributed by atoms with Crippen LogP contribution in [0.3, 0.4) is 0 Å². The Hall–Kier alpha value is -7.86. The highest BCUT2D eigenvalue weighted by atomic mass is 16.8. The first-order valence-corrected chi connectivity index (χ1v) is 24.8. The zero-order valence-electron chi connectivity index (χ0n) is 41.2. The number of carbonyl (C=O) groups is 4. The first-order valence-electron chi connectivity index (χ1n) is 24.8. The maximum Gasteiger partial charge on any atom is 0.338 e. The molecule has 0 spiro atoms. The molecule has 0 saturated carbocycles. The molecule has 15 heteroatoms. The summed E-state index contributed by atoms with van der Waals surface area (Å²) in [6.45, 7) is -0.608. The van der Waals surface area contributed by atoms with E-state index in [9.17, 15) is 24.3 Å². The Kier molecular flexibility index (Phi) is 18.5. The van der Waals surface area contributed by atoms with Gasteiger partial charge in [0, 0.05) is 0 Å². The second-order valence-corrected chi connectivity index (χ2v) is 17.9. The van der Waals surface area contributed by atoms with Crippen molar-refractivity contribution in [2.45, 2.75) is 81.2 Å². The fraction of sp³-hybridized carbons (Fsp3) is 0.246. The van der Waals surface area contributed by atoms with Crippen molar-refractivity contribution in [2.24, 2.45) is 0 Å². The van der Waals surface area contributed by atoms with E-state index in [0.717, 1.165) is 16.7 Å². The lowest BCUT2D eigenvalue weighted by Crippen LogP contribution is -2.67. The highest BCUT2D eigenvalue weighted by molar-refractivity contribution is 5.91. The normalized spacial score (nSPS) is 23.1. The molecule has 0 amide bonds. The van der Waals surface area contributed by atoms with Gasteiger partial charge in [0.2, 0.25) is 0 Å². The van der Waals surface area contributed by atoms with Gasteiger partial charge in [0.05, 0.1) is 48.7 Å². The van der Waals surface area contributed by atoms with E-state index in [2.05, 4.69) is 0 Å². The highest BCUT2D eigenvalue weighted by Crippen LogP contribution is 2.36. The molecule has 0 aromatic heterocycles. The number of hydrogen-bond donors (Lipinski definition) is 1. The molecule has 76 heavy (non-hydrogen) atoms. The third-order valence-corrected chi connectivity index (χ3v) is 12.6. The largest absolute Gasteiger partial charge is 0.459 e. The fourth-order valence-electron chi connectivity index (χ4n) is 8.75. The van der Waals surface area contributed by atoms with Crippen molar-refractivity contribution in [3.05, 3.63) is 251 Å². The summed E-state index contributed by atoms with van der Waals surface area (Å²) in [5.74, 6) is -3.38. The Morgan fingerprint density at radius 1 is 0.368 bits per heavy atom. The Morgan fingerprint density at radius 3 is 1.20 bits per heavy atom. The van der Waals surface area contributed by atoms with E-state index in [1.165, 1.54) is 36.4 Å². The van der Waals surface area contributed by atoms with Crippen molar-refractivity contribution in [1.82, 2.24) is 0 Å². The number of carbonyl (C=O) groups excluding carboxylic acids is 4. The summed E-state index contributed by atoms with van der Waals surface area (Å²) in [5.41, 5.74) is 2.98. The minimum atomic E-state index is -1.77. The highest BCUT2D eigenvalue weighted by Gasteiger charge is 2.57. The minimum Gasteiger partial charge on any atom is -0.459 e. The average molecular weight is 1030 g/mol. The molecule has 2 fully saturated rings. The van der Waals surface area contributed by atoms with E-state index in [0.29, 0.717) is 0 Å². The van der Waals surface area contributed by atoms with Gasteiger partial charge in [-0.25, -0.2) is 19.2 Å². The number of rotatable bonds is 21. The van der Waals surface area contributed by atoms with Crippen LogP contribution in [0.1, 0.15) is 58.1 Å². The third-order valence-electron chi connectivity index (χ3n) is 12.6. The zero-order chi connectivity index (χ0) is 52.5. The molecule has 390 valence electrons. The van der Waals surface area contributed by atoms with Gasteiger partial charge >= 0.3 is 23.9 Å². The van der Waals surface area contributed by atoms with Crippen molar-refractivity contribution in [2.75, 3.05) is 13.2 Å². The van der Waals surface area contributed by atoms with Gasteiger partial charge in [-0.1, -0.05) is 164 Å².